The molecule has 1 spiro atoms. The molecule has 1 aromatic heterocycles. The smallest absolute Gasteiger partial charge is 0.236 e. The number of aromatic nitrogens is 1. The molecular weight excluding hydrogens is 264 g/mol. The van der Waals surface area contributed by atoms with Crippen LogP contribution in [0.1, 0.15) is 12.0 Å². The molecule has 2 aliphatic rings. The van der Waals surface area contributed by atoms with Crippen LogP contribution in [-0.4, -0.2) is 72.4 Å². The molecule has 0 unspecified atom stereocenters. The van der Waals surface area contributed by atoms with Gasteiger partial charge >= 0.3 is 0 Å². The molecule has 0 N–H and O–H groups in total. The maximum absolute atomic E-state index is 11.8. The van der Waals surface area contributed by atoms with Crippen LogP contribution >= 0.6 is 0 Å². The Bertz CT molecular complexity index is 496. The first-order valence-corrected chi connectivity index (χ1v) is 7.60. The first-order valence-electron chi connectivity index (χ1n) is 7.60. The molecular formula is C16H24N4O. The molecule has 1 aromatic rings. The molecule has 5 heteroatoms. The monoisotopic (exact) mass is 288 g/mol. The van der Waals surface area contributed by atoms with Crippen LogP contribution in [0.15, 0.2) is 24.5 Å². The average molecular weight is 288 g/mol. The first kappa shape index (κ1) is 14.5. The number of likely N-dealkylation sites (N-methyl/N-ethyl adjacent to an activating group) is 1. The lowest BCUT2D eigenvalue weighted by Gasteiger charge is -2.48. The molecule has 2 fully saturated rings. The third-order valence-electron chi connectivity index (χ3n) is 4.62. The van der Waals surface area contributed by atoms with Gasteiger partial charge in [0.25, 0.3) is 0 Å². The van der Waals surface area contributed by atoms with E-state index in [0.717, 1.165) is 32.7 Å². The van der Waals surface area contributed by atoms with Crippen molar-refractivity contribution in [3.63, 3.8) is 0 Å². The van der Waals surface area contributed by atoms with Gasteiger partial charge in [0.05, 0.1) is 6.54 Å². The number of carbonyl (C=O) groups is 1. The van der Waals surface area contributed by atoms with Crippen LogP contribution in [0.5, 0.6) is 0 Å². The zero-order valence-corrected chi connectivity index (χ0v) is 13.0. The third kappa shape index (κ3) is 3.24. The summed E-state index contributed by atoms with van der Waals surface area (Å²) < 4.78 is 0. The van der Waals surface area contributed by atoms with Crippen molar-refractivity contribution in [1.82, 2.24) is 19.7 Å². The molecule has 0 bridgehead atoms. The summed E-state index contributed by atoms with van der Waals surface area (Å²) in [6, 6.07) is 4.13. The second-order valence-electron chi connectivity index (χ2n) is 6.76. The highest BCUT2D eigenvalue weighted by Crippen LogP contribution is 2.39. The van der Waals surface area contributed by atoms with E-state index in [2.05, 4.69) is 20.9 Å². The van der Waals surface area contributed by atoms with Crippen LogP contribution in [0.4, 0.5) is 0 Å². The minimum atomic E-state index is 0.207. The Kier molecular flexibility index (Phi) is 3.95. The first-order chi connectivity index (χ1) is 10.1. The summed E-state index contributed by atoms with van der Waals surface area (Å²) in [6.07, 6.45) is 4.98. The van der Waals surface area contributed by atoms with Crippen LogP contribution in [0.25, 0.3) is 0 Å². The van der Waals surface area contributed by atoms with Crippen molar-refractivity contribution in [2.24, 2.45) is 5.41 Å². The largest absolute Gasteiger partial charge is 0.348 e. The molecule has 3 rings (SSSR count). The van der Waals surface area contributed by atoms with Crippen molar-refractivity contribution in [2.45, 2.75) is 13.0 Å². The maximum Gasteiger partial charge on any atom is 0.236 e. The number of nitrogens with zero attached hydrogens (tertiary/aromatic N) is 4. The van der Waals surface area contributed by atoms with Gasteiger partial charge in [-0.3, -0.25) is 19.6 Å². The van der Waals surface area contributed by atoms with E-state index in [0.29, 0.717) is 12.0 Å². The normalized spacial score (nSPS) is 21.4. The van der Waals surface area contributed by atoms with Crippen molar-refractivity contribution < 1.29 is 4.79 Å². The van der Waals surface area contributed by atoms with E-state index in [1.165, 1.54) is 12.0 Å². The molecule has 3 heterocycles. The number of hydrogen-bond donors (Lipinski definition) is 0. The predicted molar refractivity (Wildman–Crippen MR) is 81.7 cm³/mol. The second kappa shape index (κ2) is 5.73. The predicted octanol–water partition coefficient (Wildman–Crippen LogP) is 0.678. The Morgan fingerprint density at radius 3 is 2.76 bits per heavy atom. The molecule has 114 valence electrons. The lowest BCUT2D eigenvalue weighted by molar-refractivity contribution is -0.129. The van der Waals surface area contributed by atoms with Crippen molar-refractivity contribution in [3.05, 3.63) is 30.1 Å². The molecule has 21 heavy (non-hydrogen) atoms. The molecule has 0 saturated carbocycles. The molecule has 0 atom stereocenters. The summed E-state index contributed by atoms with van der Waals surface area (Å²) in [6.45, 7) is 5.98. The second-order valence-corrected chi connectivity index (χ2v) is 6.76. The van der Waals surface area contributed by atoms with E-state index < -0.39 is 0 Å². The Hall–Kier alpha value is -1.46. The summed E-state index contributed by atoms with van der Waals surface area (Å²) >= 11 is 0. The molecule has 0 aliphatic carbocycles. The van der Waals surface area contributed by atoms with E-state index >= 15 is 0 Å². The van der Waals surface area contributed by atoms with Crippen LogP contribution in [0.3, 0.4) is 0 Å². The van der Waals surface area contributed by atoms with Crippen LogP contribution in [-0.2, 0) is 11.3 Å². The van der Waals surface area contributed by atoms with Gasteiger partial charge in [0, 0.05) is 58.1 Å². The summed E-state index contributed by atoms with van der Waals surface area (Å²) in [7, 11) is 3.65. The molecule has 1 amide bonds. The van der Waals surface area contributed by atoms with Gasteiger partial charge in [-0.1, -0.05) is 6.07 Å². The standard InChI is InChI=1S/C16H24N4O/c1-18(2)15(21)10-19-7-5-16(11-19)12-20(13-16)9-14-4-3-6-17-8-14/h3-4,6,8H,5,7,9-13H2,1-2H3. The summed E-state index contributed by atoms with van der Waals surface area (Å²) in [5.74, 6) is 0.207. The highest BCUT2D eigenvalue weighted by molar-refractivity contribution is 5.77. The van der Waals surface area contributed by atoms with Crippen molar-refractivity contribution in [1.29, 1.82) is 0 Å². The number of rotatable bonds is 4. The Morgan fingerprint density at radius 1 is 1.33 bits per heavy atom. The number of carbonyl (C=O) groups excluding carboxylic acids is 1. The fourth-order valence-electron chi connectivity index (χ4n) is 3.52. The highest BCUT2D eigenvalue weighted by Gasteiger charge is 2.47. The Balaban J connectivity index is 1.46. The minimum Gasteiger partial charge on any atom is -0.348 e. The van der Waals surface area contributed by atoms with Gasteiger partial charge in [0.1, 0.15) is 0 Å². The van der Waals surface area contributed by atoms with Crippen molar-refractivity contribution in [3.8, 4) is 0 Å². The van der Waals surface area contributed by atoms with E-state index in [9.17, 15) is 4.79 Å². The SMILES string of the molecule is CN(C)C(=O)CN1CCC2(C1)CN(Cc1cccnc1)C2. The zero-order valence-electron chi connectivity index (χ0n) is 13.0. The van der Waals surface area contributed by atoms with Crippen LogP contribution < -0.4 is 0 Å². The lowest BCUT2D eigenvalue weighted by Crippen LogP contribution is -2.57. The number of pyridine rings is 1. The van der Waals surface area contributed by atoms with Gasteiger partial charge in [0.15, 0.2) is 0 Å². The van der Waals surface area contributed by atoms with Gasteiger partial charge in [-0.2, -0.15) is 0 Å². The number of hydrogen-bond acceptors (Lipinski definition) is 4. The molecule has 0 aromatic carbocycles. The Labute approximate surface area is 126 Å². The number of likely N-dealkylation sites (tertiary alicyclic amines) is 2. The molecule has 2 saturated heterocycles. The van der Waals surface area contributed by atoms with Crippen LogP contribution in [0.2, 0.25) is 0 Å². The maximum atomic E-state index is 11.8. The minimum absolute atomic E-state index is 0.207. The summed E-state index contributed by atoms with van der Waals surface area (Å²) in [4.78, 5) is 22.4. The average Bonchev–Trinajstić information content (AvgIpc) is 2.83. The van der Waals surface area contributed by atoms with E-state index in [4.69, 9.17) is 0 Å². The van der Waals surface area contributed by atoms with Crippen molar-refractivity contribution >= 4 is 5.91 Å². The fourth-order valence-corrected chi connectivity index (χ4v) is 3.52. The molecule has 2 aliphatic heterocycles. The van der Waals surface area contributed by atoms with Gasteiger partial charge in [-0.25, -0.2) is 0 Å². The summed E-state index contributed by atoms with van der Waals surface area (Å²) in [5, 5.41) is 0. The van der Waals surface area contributed by atoms with E-state index in [1.807, 2.05) is 32.6 Å². The topological polar surface area (TPSA) is 39.7 Å². The lowest BCUT2D eigenvalue weighted by atomic mass is 9.79. The quantitative estimate of drug-likeness (QED) is 0.817. The van der Waals surface area contributed by atoms with Gasteiger partial charge < -0.3 is 4.90 Å². The molecule has 5 nitrogen and oxygen atoms in total. The third-order valence-corrected chi connectivity index (χ3v) is 4.62. The number of amides is 1. The van der Waals surface area contributed by atoms with Crippen LogP contribution in [0, 0.1) is 5.41 Å². The molecule has 0 radical (unpaired) electrons. The van der Waals surface area contributed by atoms with E-state index in [1.54, 1.807) is 4.90 Å². The van der Waals surface area contributed by atoms with Gasteiger partial charge in [-0.05, 0) is 24.6 Å². The van der Waals surface area contributed by atoms with Crippen molar-refractivity contribution in [2.75, 3.05) is 46.8 Å². The zero-order chi connectivity index (χ0) is 14.9. The van der Waals surface area contributed by atoms with E-state index in [-0.39, 0.29) is 5.91 Å². The summed E-state index contributed by atoms with van der Waals surface area (Å²) in [5.41, 5.74) is 1.71. The fraction of sp³-hybridized carbons (Fsp3) is 0.625. The van der Waals surface area contributed by atoms with Gasteiger partial charge in [-0.15, -0.1) is 0 Å². The Morgan fingerprint density at radius 2 is 2.10 bits per heavy atom. The highest BCUT2D eigenvalue weighted by atomic mass is 16.2. The van der Waals surface area contributed by atoms with Gasteiger partial charge in [0.2, 0.25) is 5.91 Å².